The molecule has 0 bridgehead atoms. The quantitative estimate of drug-likeness (QED) is 0.440. The van der Waals surface area contributed by atoms with E-state index >= 15 is 0 Å². The molecule has 1 aromatic carbocycles. The Hall–Kier alpha value is -1.75. The van der Waals surface area contributed by atoms with E-state index in [2.05, 4.69) is 4.74 Å². The zero-order chi connectivity index (χ0) is 15.4. The Morgan fingerprint density at radius 3 is 2.57 bits per heavy atom. The van der Waals surface area contributed by atoms with E-state index in [0.717, 1.165) is 12.8 Å². The largest absolute Gasteiger partial charge is 0.493 e. The van der Waals surface area contributed by atoms with Crippen LogP contribution in [0.2, 0.25) is 5.02 Å². The van der Waals surface area contributed by atoms with Gasteiger partial charge in [0.05, 0.1) is 30.9 Å². The first kappa shape index (κ1) is 15.6. The van der Waals surface area contributed by atoms with Gasteiger partial charge in [0.1, 0.15) is 0 Å². The highest BCUT2D eigenvalue weighted by molar-refractivity contribution is 6.45. The monoisotopic (exact) mass is 312 g/mol. The average molecular weight is 313 g/mol. The van der Waals surface area contributed by atoms with Crippen molar-refractivity contribution >= 4 is 23.4 Å². The second-order valence-electron chi connectivity index (χ2n) is 4.79. The van der Waals surface area contributed by atoms with E-state index in [0.29, 0.717) is 24.0 Å². The molecule has 5 nitrogen and oxygen atoms in total. The maximum absolute atomic E-state index is 12.0. The molecule has 0 radical (unpaired) electrons. The second kappa shape index (κ2) is 6.80. The third kappa shape index (κ3) is 3.88. The van der Waals surface area contributed by atoms with Crippen molar-refractivity contribution in [3.8, 4) is 11.5 Å². The fraction of sp³-hybridized carbons (Fsp3) is 0.467. The molecule has 1 aliphatic carbocycles. The van der Waals surface area contributed by atoms with Crippen LogP contribution in [0.15, 0.2) is 12.1 Å². The summed E-state index contributed by atoms with van der Waals surface area (Å²) in [5.74, 6) is -0.321. The van der Waals surface area contributed by atoms with E-state index in [-0.39, 0.29) is 17.2 Å². The number of ether oxygens (including phenoxy) is 3. The summed E-state index contributed by atoms with van der Waals surface area (Å²) in [6.45, 7) is 2.35. The first-order valence-corrected chi connectivity index (χ1v) is 7.16. The zero-order valence-electron chi connectivity index (χ0n) is 12.0. The number of carbonyl (C=O) groups excluding carboxylic acids is 2. The number of methoxy groups -OCH3 is 1. The van der Waals surface area contributed by atoms with Crippen LogP contribution < -0.4 is 9.47 Å². The Kier molecular flexibility index (Phi) is 5.07. The van der Waals surface area contributed by atoms with E-state index in [1.165, 1.54) is 19.2 Å². The van der Waals surface area contributed by atoms with Crippen molar-refractivity contribution in [1.29, 1.82) is 0 Å². The summed E-state index contributed by atoms with van der Waals surface area (Å²) in [6.07, 6.45) is 2.32. The van der Waals surface area contributed by atoms with Crippen molar-refractivity contribution < 1.29 is 23.8 Å². The first-order valence-electron chi connectivity index (χ1n) is 6.78. The molecule has 0 unspecified atom stereocenters. The number of Topliss-reactive ketones (excluding diaryl/α,β-unsaturated/α-hetero) is 1. The summed E-state index contributed by atoms with van der Waals surface area (Å²) < 4.78 is 15.5. The molecule has 0 saturated heterocycles. The summed E-state index contributed by atoms with van der Waals surface area (Å²) in [6, 6.07) is 2.90. The van der Waals surface area contributed by atoms with E-state index in [1.54, 1.807) is 6.92 Å². The number of benzene rings is 1. The molecule has 0 atom stereocenters. The molecular weight excluding hydrogens is 296 g/mol. The van der Waals surface area contributed by atoms with Gasteiger partial charge in [0, 0.05) is 6.07 Å². The number of rotatable bonds is 7. The number of hydrogen-bond acceptors (Lipinski definition) is 5. The number of hydrogen-bond donors (Lipinski definition) is 0. The van der Waals surface area contributed by atoms with Gasteiger partial charge in [0.2, 0.25) is 0 Å². The minimum atomic E-state index is -0.937. The summed E-state index contributed by atoms with van der Waals surface area (Å²) in [7, 11) is 1.46. The average Bonchev–Trinajstić information content (AvgIpc) is 3.29. The van der Waals surface area contributed by atoms with Crippen molar-refractivity contribution in [3.05, 3.63) is 22.7 Å². The van der Waals surface area contributed by atoms with Crippen molar-refractivity contribution in [2.75, 3.05) is 20.3 Å². The zero-order valence-corrected chi connectivity index (χ0v) is 12.7. The molecule has 1 aromatic rings. The third-order valence-electron chi connectivity index (χ3n) is 3.13. The van der Waals surface area contributed by atoms with Crippen LogP contribution >= 0.6 is 11.6 Å². The van der Waals surface area contributed by atoms with Crippen LogP contribution in [0.25, 0.3) is 0 Å². The second-order valence-corrected chi connectivity index (χ2v) is 5.19. The van der Waals surface area contributed by atoms with E-state index < -0.39 is 11.8 Å². The smallest absolute Gasteiger partial charge is 0.379 e. The lowest BCUT2D eigenvalue weighted by molar-refractivity contribution is -0.137. The molecule has 0 spiro atoms. The molecular formula is C15H17ClO5. The predicted octanol–water partition coefficient (Wildman–Crippen LogP) is 2.88. The van der Waals surface area contributed by atoms with Gasteiger partial charge in [0.15, 0.2) is 11.5 Å². The van der Waals surface area contributed by atoms with Crippen LogP contribution in [0, 0.1) is 5.92 Å². The highest BCUT2D eigenvalue weighted by Gasteiger charge is 2.25. The molecule has 0 heterocycles. The van der Waals surface area contributed by atoms with Gasteiger partial charge in [-0.2, -0.15) is 0 Å². The van der Waals surface area contributed by atoms with Gasteiger partial charge in [-0.15, -0.1) is 0 Å². The normalized spacial score (nSPS) is 13.7. The number of esters is 1. The molecule has 0 aliphatic heterocycles. The Bertz CT molecular complexity index is 551. The van der Waals surface area contributed by atoms with Gasteiger partial charge < -0.3 is 14.2 Å². The molecule has 0 aromatic heterocycles. The lowest BCUT2D eigenvalue weighted by Gasteiger charge is -2.13. The van der Waals surface area contributed by atoms with Gasteiger partial charge in [-0.1, -0.05) is 11.6 Å². The topological polar surface area (TPSA) is 61.8 Å². The van der Waals surface area contributed by atoms with Crippen LogP contribution in [0.4, 0.5) is 0 Å². The van der Waals surface area contributed by atoms with Gasteiger partial charge in [0.25, 0.3) is 5.78 Å². The summed E-state index contributed by atoms with van der Waals surface area (Å²) in [4.78, 5) is 23.5. The predicted molar refractivity (Wildman–Crippen MR) is 77.2 cm³/mol. The van der Waals surface area contributed by atoms with Crippen LogP contribution in [-0.2, 0) is 9.53 Å². The highest BCUT2D eigenvalue weighted by atomic mass is 35.5. The lowest BCUT2D eigenvalue weighted by Crippen LogP contribution is -2.18. The Labute approximate surface area is 128 Å². The van der Waals surface area contributed by atoms with Crippen molar-refractivity contribution in [2.24, 2.45) is 5.92 Å². The SMILES string of the molecule is CCOC(=O)C(=O)c1cc(OC)c(OCC2CC2)cc1Cl. The summed E-state index contributed by atoms with van der Waals surface area (Å²) in [5, 5.41) is 0.139. The fourth-order valence-corrected chi connectivity index (χ4v) is 2.02. The summed E-state index contributed by atoms with van der Waals surface area (Å²) >= 11 is 6.06. The highest BCUT2D eigenvalue weighted by Crippen LogP contribution is 2.36. The first-order chi connectivity index (χ1) is 10.1. The van der Waals surface area contributed by atoms with Crippen molar-refractivity contribution in [3.63, 3.8) is 0 Å². The molecule has 6 heteroatoms. The molecule has 114 valence electrons. The van der Waals surface area contributed by atoms with Gasteiger partial charge in [-0.05, 0) is 31.7 Å². The number of carbonyl (C=O) groups is 2. The van der Waals surface area contributed by atoms with Gasteiger partial charge >= 0.3 is 5.97 Å². The van der Waals surface area contributed by atoms with E-state index in [9.17, 15) is 9.59 Å². The van der Waals surface area contributed by atoms with Crippen LogP contribution in [-0.4, -0.2) is 32.1 Å². The Morgan fingerprint density at radius 1 is 1.29 bits per heavy atom. The minimum absolute atomic E-state index is 0.0470. The molecule has 1 aliphatic rings. The molecule has 0 N–H and O–H groups in total. The van der Waals surface area contributed by atoms with Crippen LogP contribution in [0.3, 0.4) is 0 Å². The Morgan fingerprint density at radius 2 is 2.00 bits per heavy atom. The number of ketones is 1. The van der Waals surface area contributed by atoms with Gasteiger partial charge in [-0.25, -0.2) is 4.79 Å². The number of halogens is 1. The molecule has 0 amide bonds. The van der Waals surface area contributed by atoms with Crippen LogP contribution in [0.5, 0.6) is 11.5 Å². The van der Waals surface area contributed by atoms with Gasteiger partial charge in [-0.3, -0.25) is 4.79 Å². The summed E-state index contributed by atoms with van der Waals surface area (Å²) in [5.41, 5.74) is 0.0470. The van der Waals surface area contributed by atoms with E-state index in [4.69, 9.17) is 21.1 Å². The van der Waals surface area contributed by atoms with Crippen molar-refractivity contribution in [1.82, 2.24) is 0 Å². The third-order valence-corrected chi connectivity index (χ3v) is 3.44. The van der Waals surface area contributed by atoms with Crippen LogP contribution in [0.1, 0.15) is 30.1 Å². The maximum atomic E-state index is 12.0. The molecule has 2 rings (SSSR count). The fourth-order valence-electron chi connectivity index (χ4n) is 1.78. The Balaban J connectivity index is 2.22. The standard InChI is InChI=1S/C15H17ClO5/c1-3-20-15(18)14(17)10-6-12(19-2)13(7-11(10)16)21-8-9-4-5-9/h6-7,9H,3-5,8H2,1-2H3. The molecule has 1 saturated carbocycles. The molecule has 21 heavy (non-hydrogen) atoms. The van der Waals surface area contributed by atoms with E-state index in [1.807, 2.05) is 0 Å². The lowest BCUT2D eigenvalue weighted by atomic mass is 10.1. The van der Waals surface area contributed by atoms with Crippen molar-refractivity contribution in [2.45, 2.75) is 19.8 Å². The minimum Gasteiger partial charge on any atom is -0.493 e. The maximum Gasteiger partial charge on any atom is 0.379 e. The molecule has 1 fully saturated rings.